The quantitative estimate of drug-likeness (QED) is 0.382. The fourth-order valence-electron chi connectivity index (χ4n) is 2.68. The molecule has 0 aromatic rings. The standard InChI is InChI=1S/C16H33N3O.HI/c1-5-12-20-16(10-8-7-9-11-16)13-18-15(17-6-2)19-14(3)4;/h14H,5-13H2,1-4H3,(H2,17,18,19);1H. The molecule has 1 rings (SSSR count). The molecule has 1 saturated carbocycles. The Balaban J connectivity index is 0.00000400. The van der Waals surface area contributed by atoms with Crippen molar-refractivity contribution in [2.24, 2.45) is 4.99 Å². The van der Waals surface area contributed by atoms with Crippen molar-refractivity contribution >= 4 is 29.9 Å². The highest BCUT2D eigenvalue weighted by Crippen LogP contribution is 2.32. The van der Waals surface area contributed by atoms with Gasteiger partial charge in [0.2, 0.25) is 0 Å². The molecule has 126 valence electrons. The number of guanidine groups is 1. The number of hydrogen-bond acceptors (Lipinski definition) is 2. The Labute approximate surface area is 147 Å². The SMILES string of the molecule is CCCOC1(CN=C(NCC)NC(C)C)CCCCC1.I. The van der Waals surface area contributed by atoms with Crippen LogP contribution in [-0.2, 0) is 4.74 Å². The summed E-state index contributed by atoms with van der Waals surface area (Å²) in [5, 5.41) is 6.69. The second kappa shape index (κ2) is 11.5. The zero-order valence-electron chi connectivity index (χ0n) is 14.2. The Kier molecular flexibility index (Phi) is 11.5. The summed E-state index contributed by atoms with van der Waals surface area (Å²) in [5.74, 6) is 0.910. The van der Waals surface area contributed by atoms with Crippen LogP contribution in [0.2, 0.25) is 0 Å². The minimum absolute atomic E-state index is 0. The smallest absolute Gasteiger partial charge is 0.191 e. The second-order valence-corrected chi connectivity index (χ2v) is 6.09. The van der Waals surface area contributed by atoms with Gasteiger partial charge in [0.25, 0.3) is 0 Å². The van der Waals surface area contributed by atoms with E-state index in [0.717, 1.165) is 44.9 Å². The molecule has 0 aliphatic heterocycles. The van der Waals surface area contributed by atoms with E-state index in [1.54, 1.807) is 0 Å². The molecule has 0 saturated heterocycles. The number of rotatable bonds is 7. The molecule has 1 aliphatic carbocycles. The lowest BCUT2D eigenvalue weighted by atomic mass is 9.84. The molecular formula is C16H34IN3O. The van der Waals surface area contributed by atoms with Gasteiger partial charge in [0.15, 0.2) is 5.96 Å². The fraction of sp³-hybridized carbons (Fsp3) is 0.938. The molecule has 1 fully saturated rings. The third-order valence-electron chi connectivity index (χ3n) is 3.67. The van der Waals surface area contributed by atoms with Gasteiger partial charge in [-0.15, -0.1) is 24.0 Å². The monoisotopic (exact) mass is 411 g/mol. The molecule has 0 aromatic heterocycles. The van der Waals surface area contributed by atoms with Crippen molar-refractivity contribution in [2.75, 3.05) is 19.7 Å². The van der Waals surface area contributed by atoms with Gasteiger partial charge in [0.1, 0.15) is 0 Å². The van der Waals surface area contributed by atoms with Gasteiger partial charge in [0, 0.05) is 19.2 Å². The number of nitrogens with zero attached hydrogens (tertiary/aromatic N) is 1. The average molecular weight is 411 g/mol. The van der Waals surface area contributed by atoms with Crippen LogP contribution in [0.15, 0.2) is 4.99 Å². The number of hydrogen-bond donors (Lipinski definition) is 2. The molecule has 0 atom stereocenters. The van der Waals surface area contributed by atoms with Gasteiger partial charge >= 0.3 is 0 Å². The highest BCUT2D eigenvalue weighted by molar-refractivity contribution is 14.0. The van der Waals surface area contributed by atoms with Crippen LogP contribution < -0.4 is 10.6 Å². The summed E-state index contributed by atoms with van der Waals surface area (Å²) >= 11 is 0. The maximum atomic E-state index is 6.19. The molecule has 0 aromatic carbocycles. The zero-order chi connectivity index (χ0) is 14.8. The number of nitrogens with one attached hydrogen (secondary N) is 2. The first-order valence-electron chi connectivity index (χ1n) is 8.30. The topological polar surface area (TPSA) is 45.6 Å². The largest absolute Gasteiger partial charge is 0.373 e. The first-order chi connectivity index (χ1) is 9.62. The normalized spacial score (nSPS) is 18.2. The van der Waals surface area contributed by atoms with E-state index >= 15 is 0 Å². The summed E-state index contributed by atoms with van der Waals surface area (Å²) in [6.45, 7) is 11.1. The van der Waals surface area contributed by atoms with Gasteiger partial charge in [-0.25, -0.2) is 0 Å². The molecule has 0 heterocycles. The summed E-state index contributed by atoms with van der Waals surface area (Å²) in [6.07, 6.45) is 7.26. The highest BCUT2D eigenvalue weighted by atomic mass is 127. The lowest BCUT2D eigenvalue weighted by Crippen LogP contribution is -2.44. The molecule has 0 spiro atoms. The Morgan fingerprint density at radius 2 is 1.86 bits per heavy atom. The highest BCUT2D eigenvalue weighted by Gasteiger charge is 2.32. The second-order valence-electron chi connectivity index (χ2n) is 6.09. The van der Waals surface area contributed by atoms with E-state index in [0.29, 0.717) is 6.04 Å². The summed E-state index contributed by atoms with van der Waals surface area (Å²) in [7, 11) is 0. The third-order valence-corrected chi connectivity index (χ3v) is 3.67. The molecule has 0 radical (unpaired) electrons. The minimum Gasteiger partial charge on any atom is -0.373 e. The molecule has 0 amide bonds. The summed E-state index contributed by atoms with van der Waals surface area (Å²) in [4.78, 5) is 4.77. The Morgan fingerprint density at radius 3 is 2.38 bits per heavy atom. The average Bonchev–Trinajstić information content (AvgIpc) is 2.44. The van der Waals surface area contributed by atoms with Gasteiger partial charge in [-0.05, 0) is 40.0 Å². The van der Waals surface area contributed by atoms with Gasteiger partial charge < -0.3 is 15.4 Å². The van der Waals surface area contributed by atoms with Crippen molar-refractivity contribution in [1.29, 1.82) is 0 Å². The van der Waals surface area contributed by atoms with E-state index in [1.807, 2.05) is 0 Å². The first kappa shape index (κ1) is 21.0. The van der Waals surface area contributed by atoms with Crippen molar-refractivity contribution in [3.63, 3.8) is 0 Å². The van der Waals surface area contributed by atoms with E-state index in [2.05, 4.69) is 38.3 Å². The van der Waals surface area contributed by atoms with Crippen molar-refractivity contribution in [2.45, 2.75) is 77.9 Å². The van der Waals surface area contributed by atoms with Crippen molar-refractivity contribution in [1.82, 2.24) is 10.6 Å². The molecule has 4 nitrogen and oxygen atoms in total. The van der Waals surface area contributed by atoms with Gasteiger partial charge in [-0.3, -0.25) is 4.99 Å². The van der Waals surface area contributed by atoms with E-state index in [1.165, 1.54) is 19.3 Å². The van der Waals surface area contributed by atoms with Gasteiger partial charge in [0.05, 0.1) is 12.1 Å². The van der Waals surface area contributed by atoms with Crippen LogP contribution in [0, 0.1) is 0 Å². The summed E-state index contributed by atoms with van der Waals surface area (Å²) in [5.41, 5.74) is -0.0202. The van der Waals surface area contributed by atoms with E-state index in [-0.39, 0.29) is 29.6 Å². The molecule has 1 aliphatic rings. The maximum Gasteiger partial charge on any atom is 0.191 e. The predicted molar refractivity (Wildman–Crippen MR) is 102 cm³/mol. The van der Waals surface area contributed by atoms with Crippen molar-refractivity contribution in [3.8, 4) is 0 Å². The van der Waals surface area contributed by atoms with Crippen LogP contribution in [0.5, 0.6) is 0 Å². The Hall–Kier alpha value is -0.0400. The lowest BCUT2D eigenvalue weighted by Gasteiger charge is -2.36. The van der Waals surface area contributed by atoms with Crippen LogP contribution in [0.1, 0.15) is 66.2 Å². The van der Waals surface area contributed by atoms with E-state index < -0.39 is 0 Å². The van der Waals surface area contributed by atoms with Crippen LogP contribution >= 0.6 is 24.0 Å². The molecule has 2 N–H and O–H groups in total. The maximum absolute atomic E-state index is 6.19. The van der Waals surface area contributed by atoms with Crippen LogP contribution in [-0.4, -0.2) is 37.3 Å². The number of halogens is 1. The van der Waals surface area contributed by atoms with Crippen molar-refractivity contribution in [3.05, 3.63) is 0 Å². The first-order valence-corrected chi connectivity index (χ1v) is 8.30. The lowest BCUT2D eigenvalue weighted by molar-refractivity contribution is -0.0624. The fourth-order valence-corrected chi connectivity index (χ4v) is 2.68. The molecular weight excluding hydrogens is 377 g/mol. The van der Waals surface area contributed by atoms with Crippen LogP contribution in [0.25, 0.3) is 0 Å². The Bertz CT molecular complexity index is 289. The van der Waals surface area contributed by atoms with E-state index in [9.17, 15) is 0 Å². The molecule has 0 bridgehead atoms. The van der Waals surface area contributed by atoms with Crippen LogP contribution in [0.4, 0.5) is 0 Å². The van der Waals surface area contributed by atoms with Crippen LogP contribution in [0.3, 0.4) is 0 Å². The number of ether oxygens (including phenoxy) is 1. The summed E-state index contributed by atoms with van der Waals surface area (Å²) in [6, 6.07) is 0.395. The molecule has 5 heteroatoms. The third kappa shape index (κ3) is 8.24. The molecule has 21 heavy (non-hydrogen) atoms. The number of aliphatic imine (C=N–C) groups is 1. The summed E-state index contributed by atoms with van der Waals surface area (Å²) < 4.78 is 6.19. The predicted octanol–water partition coefficient (Wildman–Crippen LogP) is 3.70. The van der Waals surface area contributed by atoms with E-state index in [4.69, 9.17) is 9.73 Å². The minimum atomic E-state index is -0.0202. The van der Waals surface area contributed by atoms with Crippen molar-refractivity contribution < 1.29 is 4.74 Å². The Morgan fingerprint density at radius 1 is 1.19 bits per heavy atom. The van der Waals surface area contributed by atoms with Gasteiger partial charge in [-0.1, -0.05) is 26.2 Å². The zero-order valence-corrected chi connectivity index (χ0v) is 16.5. The molecule has 0 unspecified atom stereocenters. The van der Waals surface area contributed by atoms with Gasteiger partial charge in [-0.2, -0.15) is 0 Å².